The maximum Gasteiger partial charge on any atom is 0.329 e. The van der Waals surface area contributed by atoms with Crippen molar-refractivity contribution >= 4 is 23.4 Å². The molecular formula is C27H37ClN4O. The molecule has 0 atom stereocenters. The van der Waals surface area contributed by atoms with Crippen LogP contribution in [0.3, 0.4) is 0 Å². The van der Waals surface area contributed by atoms with Gasteiger partial charge in [-0.1, -0.05) is 44.2 Å². The lowest BCUT2D eigenvalue weighted by Gasteiger charge is -2.35. The third-order valence-corrected chi connectivity index (χ3v) is 7.62. The SMILES string of the molecule is Cl.O=c1n(Cc2ccncc2)c2ccccc2n1C1CCN(CC2CCCCCCC2)CC1. The Bertz CT molecular complexity index is 1060. The molecular weight excluding hydrogens is 432 g/mol. The minimum Gasteiger partial charge on any atom is -0.303 e. The summed E-state index contributed by atoms with van der Waals surface area (Å²) in [6, 6.07) is 12.6. The van der Waals surface area contributed by atoms with Gasteiger partial charge in [0.15, 0.2) is 0 Å². The van der Waals surface area contributed by atoms with Gasteiger partial charge in [-0.15, -0.1) is 12.4 Å². The topological polar surface area (TPSA) is 43.1 Å². The highest BCUT2D eigenvalue weighted by Gasteiger charge is 2.26. The number of likely N-dealkylation sites (tertiary alicyclic amines) is 1. The van der Waals surface area contributed by atoms with Gasteiger partial charge in [0.2, 0.25) is 0 Å². The van der Waals surface area contributed by atoms with Crippen molar-refractivity contribution in [2.75, 3.05) is 19.6 Å². The Morgan fingerprint density at radius 2 is 1.45 bits per heavy atom. The second-order valence-electron chi connectivity index (χ2n) is 9.83. The molecule has 1 saturated carbocycles. The second-order valence-corrected chi connectivity index (χ2v) is 9.83. The summed E-state index contributed by atoms with van der Waals surface area (Å²) < 4.78 is 4.02. The largest absolute Gasteiger partial charge is 0.329 e. The van der Waals surface area contributed by atoms with Gasteiger partial charge in [-0.25, -0.2) is 4.79 Å². The van der Waals surface area contributed by atoms with Crippen LogP contribution in [0.2, 0.25) is 0 Å². The van der Waals surface area contributed by atoms with Gasteiger partial charge in [0.1, 0.15) is 0 Å². The molecule has 5 nitrogen and oxygen atoms in total. The fourth-order valence-corrected chi connectivity index (χ4v) is 5.86. The number of hydrogen-bond donors (Lipinski definition) is 0. The average Bonchev–Trinajstić information content (AvgIpc) is 3.08. The molecule has 2 aliphatic rings. The lowest BCUT2D eigenvalue weighted by molar-refractivity contribution is 0.152. The van der Waals surface area contributed by atoms with Gasteiger partial charge in [-0.05, 0) is 61.4 Å². The van der Waals surface area contributed by atoms with E-state index in [1.165, 1.54) is 51.5 Å². The van der Waals surface area contributed by atoms with Crippen LogP contribution in [-0.4, -0.2) is 38.7 Å². The third kappa shape index (κ3) is 5.52. The second kappa shape index (κ2) is 11.3. The number of imidazole rings is 1. The molecule has 5 rings (SSSR count). The van der Waals surface area contributed by atoms with Crippen LogP contribution < -0.4 is 5.69 Å². The van der Waals surface area contributed by atoms with E-state index in [0.29, 0.717) is 12.6 Å². The van der Waals surface area contributed by atoms with Crippen LogP contribution in [0.5, 0.6) is 0 Å². The molecule has 2 aromatic heterocycles. The normalized spacial score (nSPS) is 19.2. The Morgan fingerprint density at radius 3 is 2.15 bits per heavy atom. The maximum absolute atomic E-state index is 13.6. The van der Waals surface area contributed by atoms with Crippen molar-refractivity contribution in [1.82, 2.24) is 19.0 Å². The summed E-state index contributed by atoms with van der Waals surface area (Å²) in [7, 11) is 0. The lowest BCUT2D eigenvalue weighted by atomic mass is 9.90. The Kier molecular flexibility index (Phi) is 8.26. The van der Waals surface area contributed by atoms with Crippen molar-refractivity contribution in [3.63, 3.8) is 0 Å². The zero-order chi connectivity index (χ0) is 21.8. The van der Waals surface area contributed by atoms with Gasteiger partial charge < -0.3 is 4.90 Å². The standard InChI is InChI=1S/C27H36N4O.ClH/c32-27-30(21-23-12-16-28-17-13-23)25-10-6-7-11-26(25)31(27)24-14-18-29(19-15-24)20-22-8-4-2-1-3-5-9-22;/h6-7,10-13,16-17,22,24H,1-5,8-9,14-15,18-21H2;1H. The molecule has 0 unspecified atom stereocenters. The van der Waals surface area contributed by atoms with Crippen LogP contribution >= 0.6 is 12.4 Å². The van der Waals surface area contributed by atoms with Gasteiger partial charge in [0, 0.05) is 38.1 Å². The van der Waals surface area contributed by atoms with Crippen molar-refractivity contribution in [1.29, 1.82) is 0 Å². The van der Waals surface area contributed by atoms with Crippen molar-refractivity contribution in [2.45, 2.75) is 70.4 Å². The van der Waals surface area contributed by atoms with E-state index in [9.17, 15) is 4.79 Å². The highest BCUT2D eigenvalue weighted by atomic mass is 35.5. The van der Waals surface area contributed by atoms with Crippen LogP contribution in [0.1, 0.15) is 69.4 Å². The zero-order valence-electron chi connectivity index (χ0n) is 19.6. The fourth-order valence-electron chi connectivity index (χ4n) is 5.86. The summed E-state index contributed by atoms with van der Waals surface area (Å²) in [5, 5.41) is 0. The first-order valence-corrected chi connectivity index (χ1v) is 12.6. The van der Waals surface area contributed by atoms with E-state index < -0.39 is 0 Å². The summed E-state index contributed by atoms with van der Waals surface area (Å²) in [6.07, 6.45) is 15.6. The number of hydrogen-bond acceptors (Lipinski definition) is 3. The number of rotatable bonds is 5. The lowest BCUT2D eigenvalue weighted by Crippen LogP contribution is -2.40. The molecule has 6 heteroatoms. The predicted molar refractivity (Wildman–Crippen MR) is 137 cm³/mol. The van der Waals surface area contributed by atoms with Crippen LogP contribution in [0.15, 0.2) is 53.6 Å². The van der Waals surface area contributed by atoms with Gasteiger partial charge >= 0.3 is 5.69 Å². The first kappa shape index (κ1) is 24.0. The summed E-state index contributed by atoms with van der Waals surface area (Å²) in [4.78, 5) is 20.3. The van der Waals surface area contributed by atoms with Crippen LogP contribution in [0.4, 0.5) is 0 Å². The smallest absolute Gasteiger partial charge is 0.303 e. The minimum absolute atomic E-state index is 0. The number of para-hydroxylation sites is 2. The van der Waals surface area contributed by atoms with E-state index in [0.717, 1.165) is 48.4 Å². The maximum atomic E-state index is 13.6. The number of fused-ring (bicyclic) bond motifs is 1. The molecule has 0 radical (unpaired) electrons. The number of nitrogens with zero attached hydrogens (tertiary/aromatic N) is 4. The van der Waals surface area contributed by atoms with Gasteiger partial charge in [0.05, 0.1) is 17.6 Å². The molecule has 2 fully saturated rings. The predicted octanol–water partition coefficient (Wildman–Crippen LogP) is 5.67. The van der Waals surface area contributed by atoms with E-state index in [-0.39, 0.29) is 18.1 Å². The van der Waals surface area contributed by atoms with Crippen molar-refractivity contribution < 1.29 is 0 Å². The number of piperidine rings is 1. The number of pyridine rings is 1. The Hall–Kier alpha value is -2.11. The molecule has 3 heterocycles. The van der Waals surface area contributed by atoms with Gasteiger partial charge in [0.25, 0.3) is 0 Å². The first-order valence-electron chi connectivity index (χ1n) is 12.6. The number of halogens is 1. The van der Waals surface area contributed by atoms with Crippen molar-refractivity contribution in [3.8, 4) is 0 Å². The molecule has 0 spiro atoms. The molecule has 1 aliphatic carbocycles. The minimum atomic E-state index is 0. The van der Waals surface area contributed by atoms with Crippen molar-refractivity contribution in [2.24, 2.45) is 5.92 Å². The van der Waals surface area contributed by atoms with Crippen LogP contribution in [-0.2, 0) is 6.54 Å². The average molecular weight is 469 g/mol. The molecule has 0 N–H and O–H groups in total. The van der Waals surface area contributed by atoms with E-state index in [1.807, 2.05) is 22.8 Å². The number of benzene rings is 1. The molecule has 1 aliphatic heterocycles. The van der Waals surface area contributed by atoms with E-state index >= 15 is 0 Å². The van der Waals surface area contributed by atoms with Gasteiger partial charge in [-0.2, -0.15) is 0 Å². The molecule has 0 bridgehead atoms. The highest BCUT2D eigenvalue weighted by molar-refractivity contribution is 5.85. The van der Waals surface area contributed by atoms with Crippen LogP contribution in [0, 0.1) is 5.92 Å². The quantitative estimate of drug-likeness (QED) is 0.484. The highest BCUT2D eigenvalue weighted by Crippen LogP contribution is 2.28. The zero-order valence-corrected chi connectivity index (χ0v) is 20.4. The first-order chi connectivity index (χ1) is 15.8. The Labute approximate surface area is 203 Å². The molecule has 178 valence electrons. The number of aromatic nitrogens is 3. The summed E-state index contributed by atoms with van der Waals surface area (Å²) >= 11 is 0. The summed E-state index contributed by atoms with van der Waals surface area (Å²) in [5.41, 5.74) is 3.34. The molecule has 1 aromatic carbocycles. The molecule has 3 aromatic rings. The summed E-state index contributed by atoms with van der Waals surface area (Å²) in [6.45, 7) is 4.07. The van der Waals surface area contributed by atoms with Crippen molar-refractivity contribution in [3.05, 3.63) is 64.8 Å². The Morgan fingerprint density at radius 1 is 0.818 bits per heavy atom. The van der Waals surface area contributed by atoms with E-state index in [4.69, 9.17) is 0 Å². The van der Waals surface area contributed by atoms with E-state index in [1.54, 1.807) is 12.4 Å². The van der Waals surface area contributed by atoms with E-state index in [2.05, 4.69) is 32.7 Å². The molecule has 1 saturated heterocycles. The van der Waals surface area contributed by atoms with Crippen LogP contribution in [0.25, 0.3) is 11.0 Å². The van der Waals surface area contributed by atoms with Gasteiger partial charge in [-0.3, -0.25) is 14.1 Å². The molecule has 33 heavy (non-hydrogen) atoms. The monoisotopic (exact) mass is 468 g/mol. The molecule has 0 amide bonds. The summed E-state index contributed by atoms with van der Waals surface area (Å²) in [5.74, 6) is 0.872. The Balaban J connectivity index is 0.00000259. The fraction of sp³-hybridized carbons (Fsp3) is 0.556. The third-order valence-electron chi connectivity index (χ3n) is 7.62.